The number of unbranched alkanes of at least 4 members (excludes halogenated alkanes) is 1. The molecular formula is C14H24N2O2S2. The molecule has 0 spiro atoms. The van der Waals surface area contributed by atoms with Crippen molar-refractivity contribution in [1.29, 1.82) is 0 Å². The average Bonchev–Trinajstić information content (AvgIpc) is 2.88. The van der Waals surface area contributed by atoms with Crippen molar-refractivity contribution in [3.8, 4) is 0 Å². The number of hydrogen-bond donors (Lipinski definition) is 1. The third kappa shape index (κ3) is 5.01. The minimum absolute atomic E-state index is 0.423. The Balaban J connectivity index is 2.64. The zero-order valence-electron chi connectivity index (χ0n) is 12.3. The van der Waals surface area contributed by atoms with Gasteiger partial charge >= 0.3 is 0 Å². The molecular weight excluding hydrogens is 292 g/mol. The van der Waals surface area contributed by atoms with Gasteiger partial charge in [0.1, 0.15) is 4.21 Å². The van der Waals surface area contributed by atoms with Crippen LogP contribution in [0.4, 0.5) is 0 Å². The van der Waals surface area contributed by atoms with Crippen LogP contribution < -0.4 is 5.32 Å². The van der Waals surface area contributed by atoms with Gasteiger partial charge in [0, 0.05) is 25.0 Å². The minimum Gasteiger partial charge on any atom is -0.312 e. The summed E-state index contributed by atoms with van der Waals surface area (Å²) in [4.78, 5) is 1.05. The maximum absolute atomic E-state index is 12.4. The molecule has 1 N–H and O–H groups in total. The molecule has 114 valence electrons. The van der Waals surface area contributed by atoms with E-state index >= 15 is 0 Å². The van der Waals surface area contributed by atoms with Gasteiger partial charge < -0.3 is 5.32 Å². The van der Waals surface area contributed by atoms with Gasteiger partial charge in [-0.15, -0.1) is 17.9 Å². The average molecular weight is 316 g/mol. The molecule has 0 aliphatic rings. The minimum atomic E-state index is -3.34. The number of allylic oxidation sites excluding steroid dienone is 1. The van der Waals surface area contributed by atoms with E-state index in [1.54, 1.807) is 13.1 Å². The molecule has 20 heavy (non-hydrogen) atoms. The van der Waals surface area contributed by atoms with Gasteiger partial charge in [-0.3, -0.25) is 0 Å². The summed E-state index contributed by atoms with van der Waals surface area (Å²) >= 11 is 1.35. The first-order valence-corrected chi connectivity index (χ1v) is 9.14. The highest BCUT2D eigenvalue weighted by molar-refractivity contribution is 7.91. The van der Waals surface area contributed by atoms with Crippen molar-refractivity contribution in [3.05, 3.63) is 29.7 Å². The topological polar surface area (TPSA) is 49.4 Å². The highest BCUT2D eigenvalue weighted by atomic mass is 32.2. The number of sulfonamides is 1. The molecule has 1 aromatic heterocycles. The second-order valence-corrected chi connectivity index (χ2v) is 8.10. The summed E-state index contributed by atoms with van der Waals surface area (Å²) in [7, 11) is -1.71. The summed E-state index contributed by atoms with van der Waals surface area (Å²) in [5.74, 6) is 0. The molecule has 0 fully saturated rings. The monoisotopic (exact) mass is 316 g/mol. The fraction of sp³-hybridized carbons (Fsp3) is 0.571. The van der Waals surface area contributed by atoms with Crippen molar-refractivity contribution in [3.63, 3.8) is 0 Å². The second-order valence-electron chi connectivity index (χ2n) is 4.65. The Kier molecular flexibility index (Phi) is 7.43. The van der Waals surface area contributed by atoms with E-state index in [1.807, 2.05) is 12.1 Å². The van der Waals surface area contributed by atoms with Crippen molar-refractivity contribution in [2.24, 2.45) is 0 Å². The molecule has 0 aromatic carbocycles. The van der Waals surface area contributed by atoms with Crippen LogP contribution in [-0.2, 0) is 16.6 Å². The van der Waals surface area contributed by atoms with E-state index in [2.05, 4.69) is 18.8 Å². The maximum Gasteiger partial charge on any atom is 0.252 e. The molecule has 0 atom stereocenters. The fourth-order valence-corrected chi connectivity index (χ4v) is 4.46. The largest absolute Gasteiger partial charge is 0.312 e. The van der Waals surface area contributed by atoms with Crippen LogP contribution in [-0.4, -0.2) is 32.9 Å². The molecule has 0 aliphatic heterocycles. The van der Waals surface area contributed by atoms with Gasteiger partial charge in [0.2, 0.25) is 0 Å². The Morgan fingerprint density at radius 1 is 1.45 bits per heavy atom. The zero-order valence-corrected chi connectivity index (χ0v) is 13.9. The highest BCUT2D eigenvalue weighted by Gasteiger charge is 2.22. The van der Waals surface area contributed by atoms with Gasteiger partial charge in [0.25, 0.3) is 10.0 Å². The predicted octanol–water partition coefficient (Wildman–Crippen LogP) is 2.83. The van der Waals surface area contributed by atoms with Crippen molar-refractivity contribution in [2.75, 3.05) is 20.1 Å². The summed E-state index contributed by atoms with van der Waals surface area (Å²) in [6.45, 7) is 7.95. The van der Waals surface area contributed by atoms with Crippen LogP contribution in [0.25, 0.3) is 0 Å². The lowest BCUT2D eigenvalue weighted by molar-refractivity contribution is 0.464. The molecule has 0 saturated heterocycles. The molecule has 4 nitrogen and oxygen atoms in total. The number of hydrogen-bond acceptors (Lipinski definition) is 4. The van der Waals surface area contributed by atoms with E-state index in [0.717, 1.165) is 37.2 Å². The van der Waals surface area contributed by atoms with Crippen LogP contribution in [0, 0.1) is 0 Å². The van der Waals surface area contributed by atoms with Crippen LogP contribution in [0.3, 0.4) is 0 Å². The Morgan fingerprint density at radius 3 is 2.85 bits per heavy atom. The summed E-state index contributed by atoms with van der Waals surface area (Å²) < 4.78 is 26.6. The van der Waals surface area contributed by atoms with Crippen molar-refractivity contribution in [2.45, 2.75) is 36.9 Å². The van der Waals surface area contributed by atoms with E-state index in [4.69, 9.17) is 0 Å². The van der Waals surface area contributed by atoms with E-state index in [0.29, 0.717) is 10.8 Å². The Morgan fingerprint density at radius 2 is 2.20 bits per heavy atom. The number of rotatable bonds is 10. The van der Waals surface area contributed by atoms with E-state index in [1.165, 1.54) is 15.6 Å². The number of nitrogens with zero attached hydrogens (tertiary/aromatic N) is 1. The van der Waals surface area contributed by atoms with E-state index < -0.39 is 10.0 Å². The van der Waals surface area contributed by atoms with Gasteiger partial charge in [-0.25, -0.2) is 12.7 Å². The summed E-state index contributed by atoms with van der Waals surface area (Å²) in [6.07, 6.45) is 4.51. The third-order valence-corrected chi connectivity index (χ3v) is 6.32. The van der Waals surface area contributed by atoms with Crippen LogP contribution in [0.1, 0.15) is 31.1 Å². The molecule has 0 radical (unpaired) electrons. The van der Waals surface area contributed by atoms with Crippen molar-refractivity contribution < 1.29 is 8.42 Å². The highest BCUT2D eigenvalue weighted by Crippen LogP contribution is 2.24. The predicted molar refractivity (Wildman–Crippen MR) is 85.6 cm³/mol. The molecule has 0 unspecified atom stereocenters. The lowest BCUT2D eigenvalue weighted by atomic mass is 10.3. The first-order valence-electron chi connectivity index (χ1n) is 6.89. The normalized spacial score (nSPS) is 11.9. The summed E-state index contributed by atoms with van der Waals surface area (Å²) in [6, 6.07) is 3.59. The molecule has 0 saturated carbocycles. The molecule has 1 rings (SSSR count). The van der Waals surface area contributed by atoms with Gasteiger partial charge in [-0.2, -0.15) is 0 Å². The van der Waals surface area contributed by atoms with Crippen LogP contribution in [0.2, 0.25) is 0 Å². The first kappa shape index (κ1) is 17.4. The molecule has 0 amide bonds. The molecule has 1 heterocycles. The maximum atomic E-state index is 12.4. The Hall–Kier alpha value is -0.690. The molecule has 0 aliphatic carbocycles. The number of thiophene rings is 1. The van der Waals surface area contributed by atoms with E-state index in [-0.39, 0.29) is 0 Å². The van der Waals surface area contributed by atoms with Crippen LogP contribution in [0.15, 0.2) is 29.0 Å². The fourth-order valence-electron chi connectivity index (χ4n) is 1.71. The molecule has 1 aromatic rings. The SMILES string of the molecule is C=CCCCN(C)S(=O)(=O)c1ccc(CNCCC)s1. The smallest absolute Gasteiger partial charge is 0.252 e. The standard InChI is InChI=1S/C14H24N2O2S2/c1-4-6-7-11-16(3)20(17,18)14-9-8-13(19-14)12-15-10-5-2/h4,8-9,15H,1,5-7,10-12H2,2-3H3. The molecule has 0 bridgehead atoms. The van der Waals surface area contributed by atoms with Gasteiger partial charge in [-0.05, 0) is 37.9 Å². The lowest BCUT2D eigenvalue weighted by Gasteiger charge is -2.15. The van der Waals surface area contributed by atoms with E-state index in [9.17, 15) is 8.42 Å². The summed E-state index contributed by atoms with van der Waals surface area (Å²) in [5.41, 5.74) is 0. The van der Waals surface area contributed by atoms with Crippen molar-refractivity contribution in [1.82, 2.24) is 9.62 Å². The molecule has 6 heteroatoms. The Labute approximate surface area is 126 Å². The first-order chi connectivity index (χ1) is 9.52. The Bertz CT molecular complexity index is 509. The van der Waals surface area contributed by atoms with Gasteiger partial charge in [0.15, 0.2) is 0 Å². The second kappa shape index (κ2) is 8.56. The lowest BCUT2D eigenvalue weighted by Crippen LogP contribution is -2.27. The van der Waals surface area contributed by atoms with Crippen LogP contribution in [0.5, 0.6) is 0 Å². The summed E-state index contributed by atoms with van der Waals surface area (Å²) in [5, 5.41) is 3.28. The number of nitrogens with one attached hydrogen (secondary N) is 1. The van der Waals surface area contributed by atoms with Gasteiger partial charge in [-0.1, -0.05) is 13.0 Å². The zero-order chi connectivity index (χ0) is 15.0. The van der Waals surface area contributed by atoms with Crippen LogP contribution >= 0.6 is 11.3 Å². The quantitative estimate of drug-likeness (QED) is 0.533. The third-order valence-electron chi connectivity index (χ3n) is 2.91. The van der Waals surface area contributed by atoms with Crippen molar-refractivity contribution >= 4 is 21.4 Å². The van der Waals surface area contributed by atoms with Gasteiger partial charge in [0.05, 0.1) is 0 Å².